The molecule has 0 bridgehead atoms. The van der Waals surface area contributed by atoms with Crippen LogP contribution in [0.3, 0.4) is 0 Å². The molecule has 0 aliphatic carbocycles. The molecule has 4 N–H and O–H groups in total. The normalized spacial score (nSPS) is 10.2. The molecule has 2 rings (SSSR count). The van der Waals surface area contributed by atoms with Crippen molar-refractivity contribution in [1.29, 1.82) is 0 Å². The van der Waals surface area contributed by atoms with Crippen molar-refractivity contribution in [2.75, 3.05) is 17.3 Å². The predicted octanol–water partition coefficient (Wildman–Crippen LogP) is 0.755. The average molecular weight is 232 g/mol. The van der Waals surface area contributed by atoms with Crippen molar-refractivity contribution >= 4 is 11.6 Å². The van der Waals surface area contributed by atoms with Gasteiger partial charge in [-0.3, -0.25) is 4.68 Å². The zero-order valence-corrected chi connectivity index (χ0v) is 9.72. The van der Waals surface area contributed by atoms with Crippen LogP contribution in [0.4, 0.5) is 11.6 Å². The van der Waals surface area contributed by atoms with Crippen molar-refractivity contribution < 1.29 is 0 Å². The lowest BCUT2D eigenvalue weighted by molar-refractivity contribution is 0.767. The Morgan fingerprint density at radius 3 is 2.88 bits per heavy atom. The molecule has 90 valence electrons. The number of aromatic nitrogens is 3. The molecule has 0 fully saturated rings. The van der Waals surface area contributed by atoms with Crippen LogP contribution in [0.2, 0.25) is 0 Å². The highest BCUT2D eigenvalue weighted by molar-refractivity contribution is 5.44. The molecule has 0 aromatic carbocycles. The number of nitrogens with zero attached hydrogens (tertiary/aromatic N) is 3. The summed E-state index contributed by atoms with van der Waals surface area (Å²) in [6.45, 7) is 0.812. The average Bonchev–Trinajstić information content (AvgIpc) is 2.75. The molecule has 6 heteroatoms. The third-order valence-corrected chi connectivity index (χ3v) is 2.38. The van der Waals surface area contributed by atoms with Crippen LogP contribution in [-0.4, -0.2) is 21.3 Å². The molecule has 0 unspecified atom stereocenters. The van der Waals surface area contributed by atoms with Crippen molar-refractivity contribution in [1.82, 2.24) is 14.8 Å². The SMILES string of the molecule is Cn1cc(CCNc2cccc(NN)n2)cn1. The van der Waals surface area contributed by atoms with Gasteiger partial charge in [-0.15, -0.1) is 0 Å². The molecule has 6 nitrogen and oxygen atoms in total. The van der Waals surface area contributed by atoms with Gasteiger partial charge in [-0.1, -0.05) is 6.07 Å². The second-order valence-corrected chi connectivity index (χ2v) is 3.75. The van der Waals surface area contributed by atoms with Gasteiger partial charge in [-0.05, 0) is 24.1 Å². The standard InChI is InChI=1S/C11H16N6/c1-17-8-9(7-14-17)5-6-13-10-3-2-4-11(15-10)16-12/h2-4,7-8H,5-6,12H2,1H3,(H2,13,15,16). The zero-order chi connectivity index (χ0) is 12.1. The molecule has 0 amide bonds. The van der Waals surface area contributed by atoms with Crippen LogP contribution >= 0.6 is 0 Å². The molecule has 0 saturated carbocycles. The molecule has 0 aliphatic heterocycles. The Bertz CT molecular complexity index is 478. The molecule has 0 atom stereocenters. The lowest BCUT2D eigenvalue weighted by Gasteiger charge is -2.06. The summed E-state index contributed by atoms with van der Waals surface area (Å²) in [6.07, 6.45) is 4.79. The number of hydrogen-bond donors (Lipinski definition) is 3. The lowest BCUT2D eigenvalue weighted by Crippen LogP contribution is -2.11. The highest BCUT2D eigenvalue weighted by Gasteiger charge is 1.98. The molecule has 0 radical (unpaired) electrons. The first-order valence-electron chi connectivity index (χ1n) is 5.43. The number of nitrogens with one attached hydrogen (secondary N) is 2. The molecule has 0 saturated heterocycles. The largest absolute Gasteiger partial charge is 0.370 e. The molecule has 0 aliphatic rings. The number of anilines is 2. The highest BCUT2D eigenvalue weighted by Crippen LogP contribution is 2.08. The van der Waals surface area contributed by atoms with Crippen LogP contribution in [0.1, 0.15) is 5.56 Å². The quantitative estimate of drug-likeness (QED) is 0.523. The van der Waals surface area contributed by atoms with E-state index in [0.29, 0.717) is 5.82 Å². The fourth-order valence-electron chi connectivity index (χ4n) is 1.55. The van der Waals surface area contributed by atoms with Crippen molar-refractivity contribution in [2.24, 2.45) is 12.9 Å². The number of pyridine rings is 1. The Labute approximate surface area is 99.8 Å². The zero-order valence-electron chi connectivity index (χ0n) is 9.72. The van der Waals surface area contributed by atoms with E-state index < -0.39 is 0 Å². The van der Waals surface area contributed by atoms with E-state index in [1.54, 1.807) is 4.68 Å². The fourth-order valence-corrected chi connectivity index (χ4v) is 1.55. The van der Waals surface area contributed by atoms with E-state index in [2.05, 4.69) is 20.8 Å². The lowest BCUT2D eigenvalue weighted by atomic mass is 10.2. The highest BCUT2D eigenvalue weighted by atomic mass is 15.3. The van der Waals surface area contributed by atoms with Gasteiger partial charge in [0.2, 0.25) is 0 Å². The summed E-state index contributed by atoms with van der Waals surface area (Å²) < 4.78 is 1.80. The van der Waals surface area contributed by atoms with Gasteiger partial charge in [0, 0.05) is 19.8 Å². The molecule has 17 heavy (non-hydrogen) atoms. The van der Waals surface area contributed by atoms with E-state index in [4.69, 9.17) is 5.84 Å². The first kappa shape index (κ1) is 11.4. The summed E-state index contributed by atoms with van der Waals surface area (Å²) in [4.78, 5) is 4.26. The second kappa shape index (κ2) is 5.31. The van der Waals surface area contributed by atoms with E-state index in [-0.39, 0.29) is 0 Å². The van der Waals surface area contributed by atoms with Crippen LogP contribution in [0.25, 0.3) is 0 Å². The molecule has 2 aromatic heterocycles. The maximum Gasteiger partial charge on any atom is 0.142 e. The molecular weight excluding hydrogens is 216 g/mol. The summed E-state index contributed by atoms with van der Waals surface area (Å²) in [5.41, 5.74) is 3.72. The summed E-state index contributed by atoms with van der Waals surface area (Å²) in [6, 6.07) is 5.62. The van der Waals surface area contributed by atoms with Crippen molar-refractivity contribution in [3.05, 3.63) is 36.2 Å². The minimum Gasteiger partial charge on any atom is -0.370 e. The molecule has 0 spiro atoms. The number of hydrogen-bond acceptors (Lipinski definition) is 5. The van der Waals surface area contributed by atoms with Gasteiger partial charge in [-0.2, -0.15) is 5.10 Å². The maximum absolute atomic E-state index is 5.29. The van der Waals surface area contributed by atoms with E-state index in [1.807, 2.05) is 37.6 Å². The van der Waals surface area contributed by atoms with Crippen LogP contribution in [0, 0.1) is 0 Å². The third-order valence-electron chi connectivity index (χ3n) is 2.38. The van der Waals surface area contributed by atoms with Crippen LogP contribution < -0.4 is 16.6 Å². The molecule has 2 heterocycles. The van der Waals surface area contributed by atoms with Gasteiger partial charge >= 0.3 is 0 Å². The van der Waals surface area contributed by atoms with Crippen molar-refractivity contribution in [2.45, 2.75) is 6.42 Å². The van der Waals surface area contributed by atoms with E-state index in [1.165, 1.54) is 5.56 Å². The summed E-state index contributed by atoms with van der Waals surface area (Å²) in [5, 5.41) is 7.35. The number of hydrazine groups is 1. The third kappa shape index (κ3) is 3.18. The molecular formula is C11H16N6. The van der Waals surface area contributed by atoms with Gasteiger partial charge in [0.1, 0.15) is 11.6 Å². The Hall–Kier alpha value is -2.08. The Kier molecular flexibility index (Phi) is 3.56. The minimum atomic E-state index is 0.649. The second-order valence-electron chi connectivity index (χ2n) is 3.75. The van der Waals surface area contributed by atoms with Gasteiger partial charge < -0.3 is 10.7 Å². The first-order chi connectivity index (χ1) is 8.28. The Balaban J connectivity index is 1.85. The van der Waals surface area contributed by atoms with Crippen LogP contribution in [0.5, 0.6) is 0 Å². The first-order valence-corrected chi connectivity index (χ1v) is 5.43. The van der Waals surface area contributed by atoms with Crippen LogP contribution in [0.15, 0.2) is 30.6 Å². The predicted molar refractivity (Wildman–Crippen MR) is 67.4 cm³/mol. The van der Waals surface area contributed by atoms with E-state index >= 15 is 0 Å². The molecule has 2 aromatic rings. The summed E-state index contributed by atoms with van der Waals surface area (Å²) in [5.74, 6) is 6.75. The van der Waals surface area contributed by atoms with Gasteiger partial charge in [0.25, 0.3) is 0 Å². The van der Waals surface area contributed by atoms with Crippen molar-refractivity contribution in [3.63, 3.8) is 0 Å². The Morgan fingerprint density at radius 1 is 1.35 bits per heavy atom. The Morgan fingerprint density at radius 2 is 2.18 bits per heavy atom. The minimum absolute atomic E-state index is 0.649. The van der Waals surface area contributed by atoms with Crippen LogP contribution in [-0.2, 0) is 13.5 Å². The van der Waals surface area contributed by atoms with Gasteiger partial charge in [0.05, 0.1) is 6.20 Å². The summed E-state index contributed by atoms with van der Waals surface area (Å²) >= 11 is 0. The van der Waals surface area contributed by atoms with Gasteiger partial charge in [-0.25, -0.2) is 10.8 Å². The smallest absolute Gasteiger partial charge is 0.142 e. The number of rotatable bonds is 5. The van der Waals surface area contributed by atoms with Crippen molar-refractivity contribution in [3.8, 4) is 0 Å². The van der Waals surface area contributed by atoms with Gasteiger partial charge in [0.15, 0.2) is 0 Å². The van der Waals surface area contributed by atoms with E-state index in [0.717, 1.165) is 18.8 Å². The fraction of sp³-hybridized carbons (Fsp3) is 0.273. The number of nitrogen functional groups attached to an aromatic ring is 1. The number of nitrogens with two attached hydrogens (primary N) is 1. The summed E-state index contributed by atoms with van der Waals surface area (Å²) in [7, 11) is 1.91. The monoisotopic (exact) mass is 232 g/mol. The van der Waals surface area contributed by atoms with E-state index in [9.17, 15) is 0 Å². The topological polar surface area (TPSA) is 80.8 Å². The number of aryl methyl sites for hydroxylation is 1. The maximum atomic E-state index is 5.29.